The molecule has 5 nitrogen and oxygen atoms in total. The molecule has 2 N–H and O–H groups in total. The highest BCUT2D eigenvalue weighted by molar-refractivity contribution is 5.47. The lowest BCUT2D eigenvalue weighted by atomic mass is 10.1. The Morgan fingerprint density at radius 3 is 2.43 bits per heavy atom. The van der Waals surface area contributed by atoms with E-state index in [4.69, 9.17) is 4.74 Å². The van der Waals surface area contributed by atoms with Crippen molar-refractivity contribution in [2.24, 2.45) is 0 Å². The summed E-state index contributed by atoms with van der Waals surface area (Å²) in [6, 6.07) is 12.3. The molecule has 0 bridgehead atoms. The second kappa shape index (κ2) is 8.21. The van der Waals surface area contributed by atoms with Crippen molar-refractivity contribution in [3.05, 3.63) is 47.8 Å². The van der Waals surface area contributed by atoms with Crippen LogP contribution in [-0.4, -0.2) is 30.2 Å². The van der Waals surface area contributed by atoms with Gasteiger partial charge in [-0.1, -0.05) is 30.3 Å². The van der Waals surface area contributed by atoms with Crippen LogP contribution in [0.2, 0.25) is 0 Å². The summed E-state index contributed by atoms with van der Waals surface area (Å²) in [6.07, 6.45) is 0.959. The molecule has 5 heteroatoms. The number of rotatable bonds is 8. The Kier molecular flexibility index (Phi) is 5.97. The van der Waals surface area contributed by atoms with E-state index in [1.54, 1.807) is 7.11 Å². The van der Waals surface area contributed by atoms with Gasteiger partial charge in [0.05, 0.1) is 0 Å². The fourth-order valence-corrected chi connectivity index (χ4v) is 2.03. The lowest BCUT2D eigenvalue weighted by Gasteiger charge is -2.10. The molecule has 1 aromatic heterocycles. The summed E-state index contributed by atoms with van der Waals surface area (Å²) in [5.41, 5.74) is 1.31. The van der Waals surface area contributed by atoms with Gasteiger partial charge < -0.3 is 15.4 Å². The van der Waals surface area contributed by atoms with Crippen LogP contribution in [0.15, 0.2) is 36.4 Å². The largest absolute Gasteiger partial charge is 0.377 e. The monoisotopic (exact) mass is 286 g/mol. The summed E-state index contributed by atoms with van der Waals surface area (Å²) in [5.74, 6) is 2.32. The third-order valence-electron chi connectivity index (χ3n) is 2.97. The highest BCUT2D eigenvalue weighted by Crippen LogP contribution is 2.12. The van der Waals surface area contributed by atoms with Gasteiger partial charge in [-0.05, 0) is 18.9 Å². The van der Waals surface area contributed by atoms with Crippen LogP contribution in [0.25, 0.3) is 0 Å². The maximum Gasteiger partial charge on any atom is 0.158 e. The van der Waals surface area contributed by atoms with Crippen molar-refractivity contribution < 1.29 is 4.74 Å². The predicted octanol–water partition coefficient (Wildman–Crippen LogP) is 2.71. The Balaban J connectivity index is 1.97. The number of hydrogen-bond acceptors (Lipinski definition) is 5. The van der Waals surface area contributed by atoms with Crippen molar-refractivity contribution in [3.8, 4) is 0 Å². The maximum atomic E-state index is 5.11. The number of aromatic nitrogens is 2. The third-order valence-corrected chi connectivity index (χ3v) is 2.97. The highest BCUT2D eigenvalue weighted by atomic mass is 16.5. The van der Waals surface area contributed by atoms with Gasteiger partial charge in [0.1, 0.15) is 18.2 Å². The smallest absolute Gasteiger partial charge is 0.158 e. The average molecular weight is 286 g/mol. The molecule has 0 radical (unpaired) electrons. The van der Waals surface area contributed by atoms with Crippen molar-refractivity contribution in [1.82, 2.24) is 9.97 Å². The molecule has 2 rings (SSSR count). The number of anilines is 2. The van der Waals surface area contributed by atoms with Crippen LogP contribution in [-0.2, 0) is 17.8 Å². The van der Waals surface area contributed by atoms with Gasteiger partial charge >= 0.3 is 0 Å². The molecule has 0 saturated carbocycles. The molecule has 21 heavy (non-hydrogen) atoms. The lowest BCUT2D eigenvalue weighted by Crippen LogP contribution is -2.10. The number of hydrogen-bond donors (Lipinski definition) is 2. The number of benzene rings is 1. The van der Waals surface area contributed by atoms with Crippen LogP contribution >= 0.6 is 0 Å². The number of methoxy groups -OCH3 is 1. The van der Waals surface area contributed by atoms with E-state index in [1.807, 2.05) is 19.1 Å². The zero-order valence-electron chi connectivity index (χ0n) is 12.6. The molecule has 0 fully saturated rings. The van der Waals surface area contributed by atoms with E-state index in [1.165, 1.54) is 5.56 Å². The number of nitrogens with one attached hydrogen (secondary N) is 2. The molecule has 0 aliphatic rings. The summed E-state index contributed by atoms with van der Waals surface area (Å²) in [4.78, 5) is 8.84. The molecule has 0 atom stereocenters. The maximum absolute atomic E-state index is 5.11. The molecule has 0 saturated heterocycles. The van der Waals surface area contributed by atoms with Crippen LogP contribution in [0, 0.1) is 0 Å². The van der Waals surface area contributed by atoms with Gasteiger partial charge in [0.2, 0.25) is 0 Å². The zero-order valence-corrected chi connectivity index (χ0v) is 12.6. The van der Waals surface area contributed by atoms with E-state index in [0.29, 0.717) is 12.4 Å². The fourth-order valence-electron chi connectivity index (χ4n) is 2.03. The first-order chi connectivity index (χ1) is 10.3. The van der Waals surface area contributed by atoms with Crippen molar-refractivity contribution >= 4 is 11.6 Å². The molecular weight excluding hydrogens is 264 g/mol. The molecule has 112 valence electrons. The normalized spacial score (nSPS) is 10.4. The van der Waals surface area contributed by atoms with E-state index in [9.17, 15) is 0 Å². The molecule has 0 amide bonds. The Morgan fingerprint density at radius 2 is 1.76 bits per heavy atom. The van der Waals surface area contributed by atoms with Crippen molar-refractivity contribution in [2.75, 3.05) is 30.8 Å². The highest BCUT2D eigenvalue weighted by Gasteiger charge is 2.04. The first-order valence-corrected chi connectivity index (χ1v) is 7.20. The van der Waals surface area contributed by atoms with Gasteiger partial charge in [-0.25, -0.2) is 9.97 Å². The molecule has 1 heterocycles. The van der Waals surface area contributed by atoms with E-state index >= 15 is 0 Å². The van der Waals surface area contributed by atoms with E-state index in [2.05, 4.69) is 44.9 Å². The minimum Gasteiger partial charge on any atom is -0.377 e. The second-order valence-electron chi connectivity index (χ2n) is 4.68. The predicted molar refractivity (Wildman–Crippen MR) is 85.5 cm³/mol. The first kappa shape index (κ1) is 15.3. The molecule has 2 aromatic rings. The van der Waals surface area contributed by atoms with Gasteiger partial charge in [-0.2, -0.15) is 0 Å². The molecule has 0 aliphatic carbocycles. The van der Waals surface area contributed by atoms with Crippen LogP contribution in [0.5, 0.6) is 0 Å². The zero-order chi connectivity index (χ0) is 14.9. The third kappa shape index (κ3) is 5.04. The molecule has 0 unspecified atom stereocenters. The summed E-state index contributed by atoms with van der Waals surface area (Å²) in [7, 11) is 1.64. The first-order valence-electron chi connectivity index (χ1n) is 7.20. The number of nitrogens with zero attached hydrogens (tertiary/aromatic N) is 2. The van der Waals surface area contributed by atoms with E-state index in [0.717, 1.165) is 31.1 Å². The Morgan fingerprint density at radius 1 is 1.05 bits per heavy atom. The topological polar surface area (TPSA) is 59.1 Å². The molecule has 0 aliphatic heterocycles. The lowest BCUT2D eigenvalue weighted by molar-refractivity contribution is 0.178. The fraction of sp³-hybridized carbons (Fsp3) is 0.375. The van der Waals surface area contributed by atoms with Gasteiger partial charge in [0.25, 0.3) is 0 Å². The SMILES string of the molecule is CCNc1cc(NCCc2ccccc2)nc(COC)n1. The van der Waals surface area contributed by atoms with Crippen molar-refractivity contribution in [1.29, 1.82) is 0 Å². The summed E-state index contributed by atoms with van der Waals surface area (Å²) < 4.78 is 5.11. The van der Waals surface area contributed by atoms with Gasteiger partial charge in [0.15, 0.2) is 5.82 Å². The summed E-state index contributed by atoms with van der Waals surface area (Å²) in [5, 5.41) is 6.55. The van der Waals surface area contributed by atoms with Gasteiger partial charge in [-0.3, -0.25) is 0 Å². The second-order valence-corrected chi connectivity index (χ2v) is 4.68. The van der Waals surface area contributed by atoms with Crippen LogP contribution in [0.3, 0.4) is 0 Å². The standard InChI is InChI=1S/C16H22N4O/c1-3-17-14-11-15(20-16(19-14)12-21-2)18-10-9-13-7-5-4-6-8-13/h4-8,11H,3,9-10,12H2,1-2H3,(H2,17,18,19,20). The van der Waals surface area contributed by atoms with Gasteiger partial charge in [0, 0.05) is 26.3 Å². The molecule has 0 spiro atoms. The number of ether oxygens (including phenoxy) is 1. The Bertz CT molecular complexity index is 521. The minimum absolute atomic E-state index is 0.409. The Labute approximate surface area is 125 Å². The minimum atomic E-state index is 0.409. The van der Waals surface area contributed by atoms with Gasteiger partial charge in [-0.15, -0.1) is 0 Å². The van der Waals surface area contributed by atoms with Crippen molar-refractivity contribution in [3.63, 3.8) is 0 Å². The summed E-state index contributed by atoms with van der Waals surface area (Å²) >= 11 is 0. The van der Waals surface area contributed by atoms with Crippen molar-refractivity contribution in [2.45, 2.75) is 20.0 Å². The average Bonchev–Trinajstić information content (AvgIpc) is 2.49. The molecular formula is C16H22N4O. The van der Waals surface area contributed by atoms with Crippen LogP contribution < -0.4 is 10.6 Å². The molecule has 1 aromatic carbocycles. The van der Waals surface area contributed by atoms with E-state index in [-0.39, 0.29) is 0 Å². The quantitative estimate of drug-likeness (QED) is 0.781. The Hall–Kier alpha value is -2.14. The van der Waals surface area contributed by atoms with Crippen LogP contribution in [0.1, 0.15) is 18.3 Å². The summed E-state index contributed by atoms with van der Waals surface area (Å²) in [6.45, 7) is 4.11. The van der Waals surface area contributed by atoms with E-state index < -0.39 is 0 Å². The van der Waals surface area contributed by atoms with Crippen LogP contribution in [0.4, 0.5) is 11.6 Å².